The summed E-state index contributed by atoms with van der Waals surface area (Å²) < 4.78 is 5.26. The highest BCUT2D eigenvalue weighted by molar-refractivity contribution is 6.35. The summed E-state index contributed by atoms with van der Waals surface area (Å²) in [4.78, 5) is 23.4. The van der Waals surface area contributed by atoms with Crippen molar-refractivity contribution in [1.29, 1.82) is 0 Å². The Morgan fingerprint density at radius 2 is 2.04 bits per heavy atom. The van der Waals surface area contributed by atoms with Crippen LogP contribution in [-0.4, -0.2) is 18.4 Å². The Labute approximate surface area is 142 Å². The van der Waals surface area contributed by atoms with E-state index in [0.29, 0.717) is 32.7 Å². The summed E-state index contributed by atoms with van der Waals surface area (Å²) >= 11 is 11.9. The van der Waals surface area contributed by atoms with Gasteiger partial charge in [-0.2, -0.15) is 0 Å². The lowest BCUT2D eigenvalue weighted by atomic mass is 10.1. The van der Waals surface area contributed by atoms with Gasteiger partial charge in [-0.1, -0.05) is 29.3 Å². The van der Waals surface area contributed by atoms with Crippen LogP contribution in [0.1, 0.15) is 5.56 Å². The SMILES string of the molecule is O=C(Cc1ccc(Cl)cc1Cl)Nc1ccc2c(c1)NC(=O)CO2. The first-order valence-corrected chi connectivity index (χ1v) is 7.57. The van der Waals surface area contributed by atoms with E-state index < -0.39 is 0 Å². The van der Waals surface area contributed by atoms with Gasteiger partial charge >= 0.3 is 0 Å². The van der Waals surface area contributed by atoms with E-state index in [2.05, 4.69) is 10.6 Å². The first-order chi connectivity index (χ1) is 11.0. The average Bonchev–Trinajstić information content (AvgIpc) is 2.49. The third-order valence-electron chi connectivity index (χ3n) is 3.26. The fourth-order valence-corrected chi connectivity index (χ4v) is 2.68. The third kappa shape index (κ3) is 3.75. The molecule has 0 saturated carbocycles. The van der Waals surface area contributed by atoms with E-state index >= 15 is 0 Å². The minimum absolute atomic E-state index is 0.00618. The fourth-order valence-electron chi connectivity index (χ4n) is 2.20. The van der Waals surface area contributed by atoms with E-state index in [1.807, 2.05) is 0 Å². The summed E-state index contributed by atoms with van der Waals surface area (Å²) in [6.45, 7) is -0.00618. The van der Waals surface area contributed by atoms with Crippen LogP contribution < -0.4 is 15.4 Å². The number of benzene rings is 2. The first-order valence-electron chi connectivity index (χ1n) is 6.82. The second kappa shape index (κ2) is 6.48. The molecule has 0 spiro atoms. The van der Waals surface area contributed by atoms with Crippen molar-refractivity contribution in [1.82, 2.24) is 0 Å². The number of nitrogens with one attached hydrogen (secondary N) is 2. The molecule has 1 aliphatic rings. The van der Waals surface area contributed by atoms with Crippen molar-refractivity contribution in [3.63, 3.8) is 0 Å². The number of carbonyl (C=O) groups is 2. The van der Waals surface area contributed by atoms with Crippen LogP contribution >= 0.6 is 23.2 Å². The van der Waals surface area contributed by atoms with Gasteiger partial charge in [0.2, 0.25) is 5.91 Å². The van der Waals surface area contributed by atoms with Crippen molar-refractivity contribution >= 4 is 46.4 Å². The molecule has 2 aromatic rings. The monoisotopic (exact) mass is 350 g/mol. The van der Waals surface area contributed by atoms with Gasteiger partial charge in [0.15, 0.2) is 6.61 Å². The van der Waals surface area contributed by atoms with Crippen molar-refractivity contribution < 1.29 is 14.3 Å². The Morgan fingerprint density at radius 1 is 1.22 bits per heavy atom. The quantitative estimate of drug-likeness (QED) is 0.889. The number of carbonyl (C=O) groups excluding carboxylic acids is 2. The van der Waals surface area contributed by atoms with Gasteiger partial charge in [-0.15, -0.1) is 0 Å². The highest BCUT2D eigenvalue weighted by Crippen LogP contribution is 2.30. The summed E-state index contributed by atoms with van der Waals surface area (Å²) in [6.07, 6.45) is 0.121. The molecule has 0 aromatic heterocycles. The van der Waals surface area contributed by atoms with E-state index in [4.69, 9.17) is 27.9 Å². The van der Waals surface area contributed by atoms with Gasteiger partial charge in [-0.3, -0.25) is 9.59 Å². The van der Waals surface area contributed by atoms with Crippen molar-refractivity contribution in [2.24, 2.45) is 0 Å². The topological polar surface area (TPSA) is 67.4 Å². The molecular weight excluding hydrogens is 339 g/mol. The second-order valence-electron chi connectivity index (χ2n) is 5.01. The van der Waals surface area contributed by atoms with Crippen LogP contribution in [0.5, 0.6) is 5.75 Å². The average molecular weight is 351 g/mol. The number of anilines is 2. The lowest BCUT2D eigenvalue weighted by Gasteiger charge is -2.18. The lowest BCUT2D eigenvalue weighted by Crippen LogP contribution is -2.25. The van der Waals surface area contributed by atoms with E-state index in [1.54, 1.807) is 36.4 Å². The summed E-state index contributed by atoms with van der Waals surface area (Å²) in [5.41, 5.74) is 1.77. The predicted octanol–water partition coefficient (Wildman–Crippen LogP) is 3.51. The molecule has 1 heterocycles. The normalized spacial score (nSPS) is 12.9. The molecule has 0 bridgehead atoms. The van der Waals surface area contributed by atoms with Crippen LogP contribution in [-0.2, 0) is 16.0 Å². The summed E-state index contributed by atoms with van der Waals surface area (Å²) in [5, 5.41) is 6.41. The van der Waals surface area contributed by atoms with Crippen molar-refractivity contribution in [3.05, 3.63) is 52.0 Å². The molecule has 3 rings (SSSR count). The number of halogens is 2. The number of ether oxygens (including phenoxy) is 1. The maximum absolute atomic E-state index is 12.1. The van der Waals surface area contributed by atoms with E-state index in [0.717, 1.165) is 0 Å². The van der Waals surface area contributed by atoms with E-state index in [1.165, 1.54) is 0 Å². The molecule has 118 valence electrons. The highest BCUT2D eigenvalue weighted by Gasteiger charge is 2.16. The molecule has 1 aliphatic heterocycles. The number of rotatable bonds is 3. The Kier molecular flexibility index (Phi) is 4.41. The summed E-state index contributed by atoms with van der Waals surface area (Å²) in [6, 6.07) is 10.0. The van der Waals surface area contributed by atoms with Crippen molar-refractivity contribution in [2.75, 3.05) is 17.2 Å². The predicted molar refractivity (Wildman–Crippen MR) is 89.4 cm³/mol. The molecule has 0 radical (unpaired) electrons. The van der Waals surface area contributed by atoms with Gasteiger partial charge in [0.25, 0.3) is 5.91 Å². The molecule has 23 heavy (non-hydrogen) atoms. The molecule has 0 saturated heterocycles. The molecule has 0 unspecified atom stereocenters. The van der Waals surface area contributed by atoms with Crippen molar-refractivity contribution in [3.8, 4) is 5.75 Å². The fraction of sp³-hybridized carbons (Fsp3) is 0.125. The Balaban J connectivity index is 1.70. The zero-order chi connectivity index (χ0) is 16.4. The molecule has 7 heteroatoms. The van der Waals surface area contributed by atoms with Gasteiger partial charge in [0.1, 0.15) is 5.75 Å². The molecular formula is C16H12Cl2N2O3. The summed E-state index contributed by atoms with van der Waals surface area (Å²) in [5.74, 6) is 0.120. The zero-order valence-electron chi connectivity index (χ0n) is 11.9. The molecule has 0 fully saturated rings. The zero-order valence-corrected chi connectivity index (χ0v) is 13.4. The van der Waals surface area contributed by atoms with Gasteiger partial charge < -0.3 is 15.4 Å². The van der Waals surface area contributed by atoms with Crippen LogP contribution in [0, 0.1) is 0 Å². The van der Waals surface area contributed by atoms with Crippen LogP contribution in [0.3, 0.4) is 0 Å². The maximum atomic E-state index is 12.1. The standard InChI is InChI=1S/C16H12Cl2N2O3/c17-10-2-1-9(12(18)6-10)5-15(21)19-11-3-4-14-13(7-11)20-16(22)8-23-14/h1-4,6-7H,5,8H2,(H,19,21)(H,20,22). The second-order valence-corrected chi connectivity index (χ2v) is 5.85. The first kappa shape index (κ1) is 15.6. The van der Waals surface area contributed by atoms with Crippen molar-refractivity contribution in [2.45, 2.75) is 6.42 Å². The Morgan fingerprint density at radius 3 is 2.83 bits per heavy atom. The van der Waals surface area contributed by atoms with Crippen LogP contribution in [0.4, 0.5) is 11.4 Å². The van der Waals surface area contributed by atoms with Gasteiger partial charge in [-0.25, -0.2) is 0 Å². The van der Waals surface area contributed by atoms with Gasteiger partial charge in [-0.05, 0) is 35.9 Å². The molecule has 0 atom stereocenters. The van der Waals surface area contributed by atoms with E-state index in [-0.39, 0.29) is 24.8 Å². The maximum Gasteiger partial charge on any atom is 0.262 e. The molecule has 0 aliphatic carbocycles. The highest BCUT2D eigenvalue weighted by atomic mass is 35.5. The Bertz CT molecular complexity index is 793. The minimum Gasteiger partial charge on any atom is -0.482 e. The number of hydrogen-bond donors (Lipinski definition) is 2. The smallest absolute Gasteiger partial charge is 0.262 e. The Hall–Kier alpha value is -2.24. The van der Waals surface area contributed by atoms with Gasteiger partial charge in [0, 0.05) is 15.7 Å². The van der Waals surface area contributed by atoms with E-state index in [9.17, 15) is 9.59 Å². The number of amides is 2. The van der Waals surface area contributed by atoms with Crippen LogP contribution in [0.15, 0.2) is 36.4 Å². The summed E-state index contributed by atoms with van der Waals surface area (Å²) in [7, 11) is 0. The molecule has 5 nitrogen and oxygen atoms in total. The van der Waals surface area contributed by atoms with Gasteiger partial charge in [0.05, 0.1) is 12.1 Å². The lowest BCUT2D eigenvalue weighted by molar-refractivity contribution is -0.118. The molecule has 2 aromatic carbocycles. The van der Waals surface area contributed by atoms with Crippen LogP contribution in [0.25, 0.3) is 0 Å². The molecule has 2 amide bonds. The number of hydrogen-bond acceptors (Lipinski definition) is 3. The largest absolute Gasteiger partial charge is 0.482 e. The van der Waals surface area contributed by atoms with Crippen LogP contribution in [0.2, 0.25) is 10.0 Å². The third-order valence-corrected chi connectivity index (χ3v) is 3.85. The minimum atomic E-state index is -0.228. The molecule has 2 N–H and O–H groups in total. The number of fused-ring (bicyclic) bond motifs is 1.